The molecule has 1 aromatic carbocycles. The Hall–Kier alpha value is -2.14. The smallest absolute Gasteiger partial charge is 0.313 e. The maximum Gasteiger partial charge on any atom is 0.313 e. The van der Waals surface area contributed by atoms with Crippen molar-refractivity contribution in [2.45, 2.75) is 45.1 Å². The highest BCUT2D eigenvalue weighted by molar-refractivity contribution is 5.91. The molecule has 5 nitrogen and oxygen atoms in total. The molecule has 2 bridgehead atoms. The van der Waals surface area contributed by atoms with Gasteiger partial charge < -0.3 is 14.4 Å². The zero-order chi connectivity index (χ0) is 17.8. The zero-order valence-corrected chi connectivity index (χ0v) is 14.8. The van der Waals surface area contributed by atoms with Gasteiger partial charge in [-0.25, -0.2) is 0 Å². The fourth-order valence-electron chi connectivity index (χ4n) is 4.21. The number of esters is 1. The van der Waals surface area contributed by atoms with Crippen LogP contribution in [0, 0.1) is 18.8 Å². The van der Waals surface area contributed by atoms with Crippen LogP contribution in [0.3, 0.4) is 0 Å². The van der Waals surface area contributed by atoms with Crippen LogP contribution in [0.15, 0.2) is 36.4 Å². The minimum atomic E-state index is -0.673. The van der Waals surface area contributed by atoms with E-state index < -0.39 is 17.4 Å². The molecule has 2 saturated heterocycles. The largest absolute Gasteiger partial charge is 0.463 e. The van der Waals surface area contributed by atoms with E-state index in [0.29, 0.717) is 13.1 Å². The number of amides is 1. The number of hydrogen-bond donors (Lipinski definition) is 0. The maximum absolute atomic E-state index is 13.0. The number of fused-ring (bicyclic) bond motifs is 1. The molecule has 1 aromatic rings. The van der Waals surface area contributed by atoms with Crippen LogP contribution in [0.4, 0.5) is 0 Å². The second-order valence-corrected chi connectivity index (χ2v) is 7.57. The summed E-state index contributed by atoms with van der Waals surface area (Å²) in [6.45, 7) is 6.69. The van der Waals surface area contributed by atoms with Gasteiger partial charge in [-0.3, -0.25) is 9.59 Å². The fraction of sp³-hybridized carbons (Fsp3) is 0.500. The van der Waals surface area contributed by atoms with E-state index in [1.807, 2.05) is 57.2 Å². The van der Waals surface area contributed by atoms with Gasteiger partial charge in [0.2, 0.25) is 5.91 Å². The van der Waals surface area contributed by atoms with Crippen molar-refractivity contribution >= 4 is 11.9 Å². The van der Waals surface area contributed by atoms with Crippen LogP contribution < -0.4 is 0 Å². The monoisotopic (exact) mass is 341 g/mol. The summed E-state index contributed by atoms with van der Waals surface area (Å²) in [6, 6.07) is 8.15. The van der Waals surface area contributed by atoms with E-state index in [9.17, 15) is 9.59 Å². The summed E-state index contributed by atoms with van der Waals surface area (Å²) < 4.78 is 11.5. The second-order valence-electron chi connectivity index (χ2n) is 7.57. The third-order valence-electron chi connectivity index (χ3n) is 5.30. The Morgan fingerprint density at radius 3 is 2.76 bits per heavy atom. The number of carbonyl (C=O) groups is 2. The molecule has 0 N–H and O–H groups in total. The summed E-state index contributed by atoms with van der Waals surface area (Å²) >= 11 is 0. The van der Waals surface area contributed by atoms with Crippen LogP contribution in [0.2, 0.25) is 0 Å². The van der Waals surface area contributed by atoms with Gasteiger partial charge in [-0.2, -0.15) is 0 Å². The average Bonchev–Trinajstić information content (AvgIpc) is 3.18. The Labute approximate surface area is 147 Å². The second kappa shape index (κ2) is 5.70. The third kappa shape index (κ3) is 2.58. The van der Waals surface area contributed by atoms with Crippen LogP contribution in [-0.4, -0.2) is 41.1 Å². The normalized spacial score (nSPS) is 32.6. The number of likely N-dealkylation sites (tertiary alicyclic amines) is 1. The lowest BCUT2D eigenvalue weighted by Crippen LogP contribution is -2.40. The standard InChI is InChI=1S/C20H23NO4/c1-12(2)24-19(23)16-15-8-9-20(25-15)11-21(18(22)17(16)20)10-14-6-4-13(3)5-7-14/h4-9,12,15-17H,10-11H2,1-3H3/t15-,16-,17+,20-/m1/s1. The maximum atomic E-state index is 13.0. The summed E-state index contributed by atoms with van der Waals surface area (Å²) in [7, 11) is 0. The molecule has 0 aromatic heterocycles. The lowest BCUT2D eigenvalue weighted by atomic mass is 9.77. The summed E-state index contributed by atoms with van der Waals surface area (Å²) in [5, 5.41) is 0. The molecule has 2 fully saturated rings. The topological polar surface area (TPSA) is 55.8 Å². The van der Waals surface area contributed by atoms with Crippen molar-refractivity contribution in [2.24, 2.45) is 11.8 Å². The quantitative estimate of drug-likeness (QED) is 0.622. The van der Waals surface area contributed by atoms with Crippen LogP contribution in [0.5, 0.6) is 0 Å². The molecule has 4 atom stereocenters. The Balaban J connectivity index is 1.57. The molecular formula is C20H23NO4. The third-order valence-corrected chi connectivity index (χ3v) is 5.30. The van der Waals surface area contributed by atoms with Crippen LogP contribution in [-0.2, 0) is 25.6 Å². The van der Waals surface area contributed by atoms with Gasteiger partial charge in [-0.1, -0.05) is 42.0 Å². The van der Waals surface area contributed by atoms with E-state index in [2.05, 4.69) is 0 Å². The number of hydrogen-bond acceptors (Lipinski definition) is 4. The van der Waals surface area contributed by atoms with Crippen molar-refractivity contribution in [3.05, 3.63) is 47.5 Å². The zero-order valence-electron chi connectivity index (χ0n) is 14.8. The van der Waals surface area contributed by atoms with E-state index in [0.717, 1.165) is 5.56 Å². The van der Waals surface area contributed by atoms with Gasteiger partial charge in [0.25, 0.3) is 0 Å². The van der Waals surface area contributed by atoms with E-state index in [-0.39, 0.29) is 24.1 Å². The first kappa shape index (κ1) is 16.3. The van der Waals surface area contributed by atoms with Crippen molar-refractivity contribution < 1.29 is 19.1 Å². The molecule has 1 spiro atoms. The van der Waals surface area contributed by atoms with E-state index in [1.165, 1.54) is 5.56 Å². The lowest BCUT2D eigenvalue weighted by Gasteiger charge is -2.23. The van der Waals surface area contributed by atoms with Crippen molar-refractivity contribution in [1.82, 2.24) is 4.90 Å². The predicted octanol–water partition coefficient (Wildman–Crippen LogP) is 2.23. The highest BCUT2D eigenvalue weighted by atomic mass is 16.6. The molecule has 0 saturated carbocycles. The molecule has 0 aliphatic carbocycles. The van der Waals surface area contributed by atoms with Crippen LogP contribution in [0.1, 0.15) is 25.0 Å². The first-order valence-corrected chi connectivity index (χ1v) is 8.82. The van der Waals surface area contributed by atoms with Crippen molar-refractivity contribution in [1.29, 1.82) is 0 Å². The highest BCUT2D eigenvalue weighted by Crippen LogP contribution is 2.52. The lowest BCUT2D eigenvalue weighted by molar-refractivity contribution is -0.157. The molecule has 0 unspecified atom stereocenters. The number of rotatable bonds is 4. The molecule has 5 heteroatoms. The average molecular weight is 341 g/mol. The summed E-state index contributed by atoms with van der Waals surface area (Å²) in [5.74, 6) is -1.36. The van der Waals surface area contributed by atoms with Crippen LogP contribution in [0.25, 0.3) is 0 Å². The Morgan fingerprint density at radius 2 is 2.08 bits per heavy atom. The molecule has 132 valence electrons. The number of carbonyl (C=O) groups excluding carboxylic acids is 2. The van der Waals surface area contributed by atoms with Gasteiger partial charge in [-0.15, -0.1) is 0 Å². The SMILES string of the molecule is Cc1ccc(CN2C[C@@]34C=C[C@@H](O3)[C@@H](C(=O)OC(C)C)[C@H]4C2=O)cc1. The Morgan fingerprint density at radius 1 is 1.36 bits per heavy atom. The molecule has 4 rings (SSSR count). The van der Waals surface area contributed by atoms with Gasteiger partial charge in [0.15, 0.2) is 0 Å². The number of benzene rings is 1. The van der Waals surface area contributed by atoms with E-state index in [4.69, 9.17) is 9.47 Å². The van der Waals surface area contributed by atoms with E-state index in [1.54, 1.807) is 4.90 Å². The number of ether oxygens (including phenoxy) is 2. The molecule has 25 heavy (non-hydrogen) atoms. The highest BCUT2D eigenvalue weighted by Gasteiger charge is 2.67. The van der Waals surface area contributed by atoms with Crippen molar-refractivity contribution in [3.63, 3.8) is 0 Å². The van der Waals surface area contributed by atoms with Gasteiger partial charge in [-0.05, 0) is 26.3 Å². The minimum Gasteiger partial charge on any atom is -0.463 e. The van der Waals surface area contributed by atoms with Crippen LogP contribution >= 0.6 is 0 Å². The fourth-order valence-corrected chi connectivity index (χ4v) is 4.21. The summed E-state index contributed by atoms with van der Waals surface area (Å²) in [6.07, 6.45) is 3.33. The molecule has 1 amide bonds. The molecule has 3 aliphatic heterocycles. The predicted molar refractivity (Wildman–Crippen MR) is 91.5 cm³/mol. The number of aryl methyl sites for hydroxylation is 1. The van der Waals surface area contributed by atoms with E-state index >= 15 is 0 Å². The van der Waals surface area contributed by atoms with Crippen molar-refractivity contribution in [2.75, 3.05) is 6.54 Å². The van der Waals surface area contributed by atoms with Gasteiger partial charge in [0.05, 0.1) is 24.7 Å². The summed E-state index contributed by atoms with van der Waals surface area (Å²) in [5.41, 5.74) is 1.59. The minimum absolute atomic E-state index is 0.0156. The van der Waals surface area contributed by atoms with Gasteiger partial charge in [0, 0.05) is 6.54 Å². The first-order chi connectivity index (χ1) is 11.9. The van der Waals surface area contributed by atoms with Gasteiger partial charge >= 0.3 is 5.97 Å². The first-order valence-electron chi connectivity index (χ1n) is 8.82. The molecule has 3 heterocycles. The molecular weight excluding hydrogens is 318 g/mol. The molecule has 0 radical (unpaired) electrons. The van der Waals surface area contributed by atoms with Crippen molar-refractivity contribution in [3.8, 4) is 0 Å². The Bertz CT molecular complexity index is 739. The molecule has 3 aliphatic rings. The number of nitrogens with zero attached hydrogens (tertiary/aromatic N) is 1. The van der Waals surface area contributed by atoms with Gasteiger partial charge in [0.1, 0.15) is 11.5 Å². The summed E-state index contributed by atoms with van der Waals surface area (Å²) in [4.78, 5) is 27.4. The Kier molecular flexibility index (Phi) is 3.72.